The highest BCUT2D eigenvalue weighted by molar-refractivity contribution is 5.98. The topological polar surface area (TPSA) is 72.3 Å². The van der Waals surface area contributed by atoms with Gasteiger partial charge in [0.05, 0.1) is 12.1 Å². The van der Waals surface area contributed by atoms with Crippen molar-refractivity contribution in [2.24, 2.45) is 0 Å². The Balaban J connectivity index is 1.52. The highest BCUT2D eigenvalue weighted by Crippen LogP contribution is 2.26. The van der Waals surface area contributed by atoms with Crippen molar-refractivity contribution in [3.63, 3.8) is 0 Å². The van der Waals surface area contributed by atoms with Gasteiger partial charge in [0.1, 0.15) is 17.8 Å². The summed E-state index contributed by atoms with van der Waals surface area (Å²) in [5.74, 6) is 0.821. The SMILES string of the molecule is CCn1c(C(=O)NC[C@@H]2C[C@H](OC)CN2c2cc(C)ncn2)cc2ccccc21. The van der Waals surface area contributed by atoms with Gasteiger partial charge in [-0.15, -0.1) is 0 Å². The molecule has 1 aromatic carbocycles. The van der Waals surface area contributed by atoms with E-state index in [4.69, 9.17) is 4.74 Å². The summed E-state index contributed by atoms with van der Waals surface area (Å²) in [6.45, 7) is 6.05. The molecule has 3 heterocycles. The zero-order chi connectivity index (χ0) is 20.4. The Labute approximate surface area is 170 Å². The molecule has 1 saturated heterocycles. The van der Waals surface area contributed by atoms with Crippen LogP contribution in [0.4, 0.5) is 5.82 Å². The van der Waals surface area contributed by atoms with Crippen LogP contribution in [-0.4, -0.2) is 52.8 Å². The molecule has 0 unspecified atom stereocenters. The predicted molar refractivity (Wildman–Crippen MR) is 113 cm³/mol. The number of carbonyl (C=O) groups is 1. The van der Waals surface area contributed by atoms with E-state index < -0.39 is 0 Å². The van der Waals surface area contributed by atoms with Crippen LogP contribution in [0.1, 0.15) is 29.5 Å². The van der Waals surface area contributed by atoms with E-state index in [2.05, 4.69) is 37.7 Å². The molecule has 3 aromatic rings. The van der Waals surface area contributed by atoms with Crippen molar-refractivity contribution in [1.29, 1.82) is 0 Å². The first-order chi connectivity index (χ1) is 14.1. The Morgan fingerprint density at radius 2 is 2.10 bits per heavy atom. The van der Waals surface area contributed by atoms with Gasteiger partial charge >= 0.3 is 0 Å². The van der Waals surface area contributed by atoms with Crippen LogP contribution in [0.3, 0.4) is 0 Å². The molecule has 0 aliphatic carbocycles. The van der Waals surface area contributed by atoms with Gasteiger partial charge in [0.15, 0.2) is 0 Å². The number of rotatable bonds is 6. The van der Waals surface area contributed by atoms with Crippen molar-refractivity contribution in [1.82, 2.24) is 19.9 Å². The number of hydrogen-bond donors (Lipinski definition) is 1. The second kappa shape index (κ2) is 8.21. The first kappa shape index (κ1) is 19.4. The van der Waals surface area contributed by atoms with Crippen molar-refractivity contribution in [3.05, 3.63) is 54.1 Å². The fourth-order valence-electron chi connectivity index (χ4n) is 4.16. The van der Waals surface area contributed by atoms with Crippen LogP contribution in [0, 0.1) is 6.92 Å². The summed E-state index contributed by atoms with van der Waals surface area (Å²) in [6.07, 6.45) is 2.55. The van der Waals surface area contributed by atoms with Crippen molar-refractivity contribution in [3.8, 4) is 0 Å². The maximum absolute atomic E-state index is 13.0. The lowest BCUT2D eigenvalue weighted by Gasteiger charge is -2.25. The predicted octanol–water partition coefficient (Wildman–Crippen LogP) is 2.78. The first-order valence-electron chi connectivity index (χ1n) is 10.0. The molecule has 1 fully saturated rings. The Bertz CT molecular complexity index is 1020. The molecule has 0 saturated carbocycles. The van der Waals surface area contributed by atoms with E-state index in [1.54, 1.807) is 13.4 Å². The molecule has 29 heavy (non-hydrogen) atoms. The summed E-state index contributed by atoms with van der Waals surface area (Å²) in [5.41, 5.74) is 2.70. The normalized spacial score (nSPS) is 19.1. The van der Waals surface area contributed by atoms with Crippen LogP contribution in [0.25, 0.3) is 10.9 Å². The molecule has 0 bridgehead atoms. The van der Waals surface area contributed by atoms with E-state index in [0.717, 1.165) is 41.9 Å². The molecule has 0 spiro atoms. The molecule has 1 N–H and O–H groups in total. The van der Waals surface area contributed by atoms with Gasteiger partial charge in [0, 0.05) is 49.4 Å². The van der Waals surface area contributed by atoms with E-state index in [1.807, 2.05) is 37.3 Å². The first-order valence-corrected chi connectivity index (χ1v) is 10.0. The Morgan fingerprint density at radius 1 is 1.28 bits per heavy atom. The molecule has 1 aliphatic heterocycles. The van der Waals surface area contributed by atoms with Gasteiger partial charge in [-0.2, -0.15) is 0 Å². The number of nitrogens with one attached hydrogen (secondary N) is 1. The summed E-state index contributed by atoms with van der Waals surface area (Å²) in [4.78, 5) is 23.8. The molecule has 152 valence electrons. The summed E-state index contributed by atoms with van der Waals surface area (Å²) in [7, 11) is 1.73. The lowest BCUT2D eigenvalue weighted by Crippen LogP contribution is -2.41. The molecule has 4 rings (SSSR count). The molecule has 1 aliphatic rings. The maximum Gasteiger partial charge on any atom is 0.268 e. The minimum Gasteiger partial charge on any atom is -0.380 e. The minimum absolute atomic E-state index is 0.0530. The zero-order valence-electron chi connectivity index (χ0n) is 17.1. The van der Waals surface area contributed by atoms with Gasteiger partial charge in [0.25, 0.3) is 5.91 Å². The number of methoxy groups -OCH3 is 1. The number of para-hydroxylation sites is 1. The number of nitrogens with zero attached hydrogens (tertiary/aromatic N) is 4. The van der Waals surface area contributed by atoms with E-state index in [1.165, 1.54) is 0 Å². The number of hydrogen-bond acceptors (Lipinski definition) is 5. The maximum atomic E-state index is 13.0. The summed E-state index contributed by atoms with van der Waals surface area (Å²) in [6, 6.07) is 12.1. The summed E-state index contributed by atoms with van der Waals surface area (Å²) < 4.78 is 7.65. The monoisotopic (exact) mass is 393 g/mol. The van der Waals surface area contributed by atoms with E-state index in [9.17, 15) is 4.79 Å². The number of fused-ring (bicyclic) bond motifs is 1. The smallest absolute Gasteiger partial charge is 0.268 e. The van der Waals surface area contributed by atoms with E-state index >= 15 is 0 Å². The van der Waals surface area contributed by atoms with Gasteiger partial charge < -0.3 is 19.5 Å². The van der Waals surface area contributed by atoms with Gasteiger partial charge in [-0.3, -0.25) is 4.79 Å². The van der Waals surface area contributed by atoms with Crippen molar-refractivity contribution < 1.29 is 9.53 Å². The standard InChI is InChI=1S/C22H27N5O2/c1-4-26-19-8-6-5-7-16(19)10-20(26)22(28)23-12-17-11-18(29-3)13-27(17)21-9-15(2)24-14-25-21/h5-10,14,17-18H,4,11-13H2,1-3H3,(H,23,28)/t17-,18-/m0/s1. The number of ether oxygens (including phenoxy) is 1. The van der Waals surface area contributed by atoms with Crippen molar-refractivity contribution >= 4 is 22.6 Å². The van der Waals surface area contributed by atoms with Crippen molar-refractivity contribution in [2.45, 2.75) is 39.0 Å². The molecule has 2 aromatic heterocycles. The van der Waals surface area contributed by atoms with Gasteiger partial charge in [0.2, 0.25) is 0 Å². The van der Waals surface area contributed by atoms with Crippen LogP contribution in [0.5, 0.6) is 0 Å². The van der Waals surface area contributed by atoms with Crippen molar-refractivity contribution in [2.75, 3.05) is 25.1 Å². The number of benzene rings is 1. The third-order valence-corrected chi connectivity index (χ3v) is 5.65. The second-order valence-corrected chi connectivity index (χ2v) is 7.46. The number of aromatic nitrogens is 3. The lowest BCUT2D eigenvalue weighted by atomic mass is 10.2. The van der Waals surface area contributed by atoms with E-state index in [0.29, 0.717) is 12.2 Å². The zero-order valence-corrected chi connectivity index (χ0v) is 17.1. The molecule has 7 heteroatoms. The minimum atomic E-state index is -0.0530. The van der Waals surface area contributed by atoms with Crippen LogP contribution >= 0.6 is 0 Å². The average molecular weight is 393 g/mol. The Hall–Kier alpha value is -2.93. The largest absolute Gasteiger partial charge is 0.380 e. The number of carbonyl (C=O) groups excluding carboxylic acids is 1. The third-order valence-electron chi connectivity index (χ3n) is 5.65. The van der Waals surface area contributed by atoms with Crippen LogP contribution in [-0.2, 0) is 11.3 Å². The number of anilines is 1. The van der Waals surface area contributed by atoms with Gasteiger partial charge in [-0.05, 0) is 32.4 Å². The van der Waals surface area contributed by atoms with E-state index in [-0.39, 0.29) is 18.1 Å². The summed E-state index contributed by atoms with van der Waals surface area (Å²) in [5, 5.41) is 4.22. The van der Waals surface area contributed by atoms with Gasteiger partial charge in [-0.1, -0.05) is 18.2 Å². The molecule has 7 nitrogen and oxygen atoms in total. The highest BCUT2D eigenvalue weighted by Gasteiger charge is 2.33. The second-order valence-electron chi connectivity index (χ2n) is 7.46. The fraction of sp³-hybridized carbons (Fsp3) is 0.409. The molecule has 1 amide bonds. The van der Waals surface area contributed by atoms with Crippen LogP contribution in [0.15, 0.2) is 42.7 Å². The quantitative estimate of drug-likeness (QED) is 0.697. The molecule has 2 atom stereocenters. The van der Waals surface area contributed by atoms with Gasteiger partial charge in [-0.25, -0.2) is 9.97 Å². The van der Waals surface area contributed by atoms with Crippen LogP contribution in [0.2, 0.25) is 0 Å². The summed E-state index contributed by atoms with van der Waals surface area (Å²) >= 11 is 0. The number of amides is 1. The molecule has 0 radical (unpaired) electrons. The van der Waals surface area contributed by atoms with Crippen LogP contribution < -0.4 is 10.2 Å². The Kier molecular flexibility index (Phi) is 5.49. The third kappa shape index (κ3) is 3.82. The Morgan fingerprint density at radius 3 is 2.86 bits per heavy atom. The lowest BCUT2D eigenvalue weighted by molar-refractivity contribution is 0.0937. The average Bonchev–Trinajstić information content (AvgIpc) is 3.33. The number of aryl methyl sites for hydroxylation is 2. The highest BCUT2D eigenvalue weighted by atomic mass is 16.5. The fourth-order valence-corrected chi connectivity index (χ4v) is 4.16. The molecular weight excluding hydrogens is 366 g/mol. The molecular formula is C22H27N5O2.